The largest absolute Gasteiger partial charge is 0.497 e. The van der Waals surface area contributed by atoms with Crippen LogP contribution >= 0.6 is 0 Å². The maximum atomic E-state index is 15.2. The Balaban J connectivity index is 1.32. The van der Waals surface area contributed by atoms with Crippen LogP contribution in [0.15, 0.2) is 79.0 Å². The molecule has 2 amide bonds. The molecule has 0 unspecified atom stereocenters. The maximum Gasteiger partial charge on any atom is 0.268 e. The number of nitrogens with zero attached hydrogens (tertiary/aromatic N) is 4. The number of anilines is 3. The Morgan fingerprint density at radius 2 is 1.92 bits per heavy atom. The van der Waals surface area contributed by atoms with Gasteiger partial charge in [0.1, 0.15) is 5.75 Å². The number of nitrogens with one attached hydrogen (secondary N) is 2. The predicted molar refractivity (Wildman–Crippen MR) is 195 cm³/mol. The Morgan fingerprint density at radius 1 is 1.14 bits per heavy atom. The first-order valence-electron chi connectivity index (χ1n) is 17.6. The standard InChI is InChI=1S/C38H46N6O5Si/c1-25-35(50(3,4)30-15-13-29(48-2)14-16-30)34(18-21-43-24-27(19-22-45)41-42-43)49-38(25)31-23-26(40-36(46)32-11-8-20-39-32)12-17-33(31)44(37(38)47)28-9-6-5-7-10-28/h5-7,9-10,12-17,23-25,32,34-35,39,45H,8,11,18-22H2,1-4H3,(H,40,46)/t25-,32-,34+,35-,38+/m1/s1. The van der Waals surface area contributed by atoms with E-state index in [0.717, 1.165) is 47.8 Å². The van der Waals surface area contributed by atoms with Gasteiger partial charge >= 0.3 is 0 Å². The van der Waals surface area contributed by atoms with Crippen LogP contribution in [0.1, 0.15) is 37.4 Å². The Morgan fingerprint density at radius 3 is 2.62 bits per heavy atom. The minimum atomic E-state index is -2.36. The second kappa shape index (κ2) is 13.7. The second-order valence-electron chi connectivity index (χ2n) is 14.2. The number of aliphatic hydroxyl groups excluding tert-OH is 1. The van der Waals surface area contributed by atoms with Crippen molar-refractivity contribution < 1.29 is 24.2 Å². The van der Waals surface area contributed by atoms with Gasteiger partial charge in [-0.05, 0) is 73.8 Å². The van der Waals surface area contributed by atoms with Crippen LogP contribution < -0.4 is 25.5 Å². The molecule has 1 aromatic heterocycles. The van der Waals surface area contributed by atoms with Crippen LogP contribution in [0, 0.1) is 5.92 Å². The van der Waals surface area contributed by atoms with Gasteiger partial charge in [0.05, 0.1) is 38.7 Å². The molecule has 3 aliphatic rings. The molecule has 3 aliphatic heterocycles. The third kappa shape index (κ3) is 5.93. The molecule has 5 atom stereocenters. The second-order valence-corrected chi connectivity index (χ2v) is 18.9. The number of fused-ring (bicyclic) bond motifs is 2. The van der Waals surface area contributed by atoms with Gasteiger partial charge in [-0.25, -0.2) is 0 Å². The lowest BCUT2D eigenvalue weighted by Crippen LogP contribution is -2.51. The average molecular weight is 695 g/mol. The van der Waals surface area contributed by atoms with E-state index in [-0.39, 0.29) is 42.0 Å². The van der Waals surface area contributed by atoms with Gasteiger partial charge in [0.25, 0.3) is 5.91 Å². The van der Waals surface area contributed by atoms with Crippen molar-refractivity contribution in [2.75, 3.05) is 30.5 Å². The fourth-order valence-electron chi connectivity index (χ4n) is 8.49. The normalized spacial score (nSPS) is 24.6. The quantitative estimate of drug-likeness (QED) is 0.196. The summed E-state index contributed by atoms with van der Waals surface area (Å²) in [6, 6.07) is 23.6. The minimum Gasteiger partial charge on any atom is -0.497 e. The van der Waals surface area contributed by atoms with Crippen LogP contribution in [-0.4, -0.2) is 72.4 Å². The van der Waals surface area contributed by atoms with Crippen molar-refractivity contribution in [1.82, 2.24) is 20.3 Å². The molecule has 4 aromatic rings. The first-order chi connectivity index (χ1) is 24.2. The molecule has 4 heterocycles. The summed E-state index contributed by atoms with van der Waals surface area (Å²) < 4.78 is 14.6. The monoisotopic (exact) mass is 694 g/mol. The molecule has 262 valence electrons. The number of hydrogen-bond donors (Lipinski definition) is 3. The summed E-state index contributed by atoms with van der Waals surface area (Å²) in [6.07, 6.45) is 4.40. The fourth-order valence-corrected chi connectivity index (χ4v) is 12.6. The number of carbonyl (C=O) groups excluding carboxylic acids is 2. The number of carbonyl (C=O) groups is 2. The number of aromatic nitrogens is 3. The number of para-hydroxylation sites is 1. The number of aliphatic hydroxyl groups is 1. The lowest BCUT2D eigenvalue weighted by Gasteiger charge is -2.37. The van der Waals surface area contributed by atoms with Crippen LogP contribution in [-0.2, 0) is 32.9 Å². The number of aryl methyl sites for hydroxylation is 1. The van der Waals surface area contributed by atoms with Gasteiger partial charge in [-0.2, -0.15) is 0 Å². The molecule has 1 spiro atoms. The Kier molecular flexibility index (Phi) is 9.37. The molecule has 3 aromatic carbocycles. The van der Waals surface area contributed by atoms with Crippen molar-refractivity contribution in [1.29, 1.82) is 0 Å². The molecule has 0 saturated carbocycles. The van der Waals surface area contributed by atoms with Gasteiger partial charge in [-0.15, -0.1) is 5.10 Å². The Hall–Kier alpha value is -4.36. The molecule has 2 fully saturated rings. The highest BCUT2D eigenvalue weighted by Gasteiger charge is 2.66. The van der Waals surface area contributed by atoms with Crippen molar-refractivity contribution in [3.05, 3.63) is 90.3 Å². The molecule has 12 heteroatoms. The van der Waals surface area contributed by atoms with E-state index in [0.29, 0.717) is 25.1 Å². The van der Waals surface area contributed by atoms with Crippen LogP contribution in [0.5, 0.6) is 5.75 Å². The smallest absolute Gasteiger partial charge is 0.268 e. The van der Waals surface area contributed by atoms with Gasteiger partial charge in [0, 0.05) is 48.6 Å². The molecule has 2 saturated heterocycles. The van der Waals surface area contributed by atoms with Crippen LogP contribution in [0.3, 0.4) is 0 Å². The third-order valence-electron chi connectivity index (χ3n) is 11.0. The highest BCUT2D eigenvalue weighted by Crippen LogP contribution is 2.61. The molecule has 0 bridgehead atoms. The van der Waals surface area contributed by atoms with E-state index in [1.54, 1.807) is 16.7 Å². The van der Waals surface area contributed by atoms with Crippen molar-refractivity contribution in [2.24, 2.45) is 5.92 Å². The third-order valence-corrected chi connectivity index (χ3v) is 15.4. The number of rotatable bonds is 11. The van der Waals surface area contributed by atoms with E-state index in [4.69, 9.17) is 9.47 Å². The van der Waals surface area contributed by atoms with E-state index < -0.39 is 13.7 Å². The zero-order chi connectivity index (χ0) is 35.0. The Labute approximate surface area is 294 Å². The summed E-state index contributed by atoms with van der Waals surface area (Å²) in [6.45, 7) is 8.27. The van der Waals surface area contributed by atoms with Gasteiger partial charge in [0.2, 0.25) is 5.91 Å². The minimum absolute atomic E-state index is 0.00718. The zero-order valence-electron chi connectivity index (χ0n) is 29.1. The van der Waals surface area contributed by atoms with Gasteiger partial charge in [-0.3, -0.25) is 19.2 Å². The summed E-state index contributed by atoms with van der Waals surface area (Å²) in [5, 5.41) is 25.6. The van der Waals surface area contributed by atoms with E-state index in [1.165, 1.54) is 5.19 Å². The summed E-state index contributed by atoms with van der Waals surface area (Å²) in [5.41, 5.74) is 2.43. The number of ether oxygens (including phenoxy) is 2. The van der Waals surface area contributed by atoms with E-state index in [9.17, 15) is 9.90 Å². The molecule has 0 radical (unpaired) electrons. The molecular weight excluding hydrogens is 649 g/mol. The first-order valence-corrected chi connectivity index (χ1v) is 20.7. The molecule has 0 aliphatic carbocycles. The lowest BCUT2D eigenvalue weighted by molar-refractivity contribution is -0.145. The maximum absolute atomic E-state index is 15.2. The molecule has 7 rings (SSSR count). The summed E-state index contributed by atoms with van der Waals surface area (Å²) in [5.74, 6) is 0.399. The summed E-state index contributed by atoms with van der Waals surface area (Å²) in [7, 11) is -0.695. The van der Waals surface area contributed by atoms with Gasteiger partial charge in [-0.1, -0.05) is 60.7 Å². The van der Waals surface area contributed by atoms with Crippen molar-refractivity contribution in [2.45, 2.75) is 75.5 Å². The van der Waals surface area contributed by atoms with Crippen LogP contribution in [0.4, 0.5) is 17.1 Å². The highest BCUT2D eigenvalue weighted by molar-refractivity contribution is 6.91. The van der Waals surface area contributed by atoms with Crippen LogP contribution in [0.25, 0.3) is 0 Å². The molecule has 50 heavy (non-hydrogen) atoms. The number of hydrogen-bond acceptors (Lipinski definition) is 8. The number of amides is 2. The first kappa shape index (κ1) is 34.1. The van der Waals surface area contributed by atoms with Crippen molar-refractivity contribution in [3.63, 3.8) is 0 Å². The molecular formula is C38H46N6O5Si. The molecule has 11 nitrogen and oxygen atoms in total. The predicted octanol–water partition coefficient (Wildman–Crippen LogP) is 4.50. The summed E-state index contributed by atoms with van der Waals surface area (Å²) in [4.78, 5) is 30.2. The van der Waals surface area contributed by atoms with Crippen LogP contribution in [0.2, 0.25) is 18.6 Å². The average Bonchev–Trinajstić information content (AvgIpc) is 3.92. The summed E-state index contributed by atoms with van der Waals surface area (Å²) >= 11 is 0. The zero-order valence-corrected chi connectivity index (χ0v) is 30.1. The molecule has 3 N–H and O–H groups in total. The number of methoxy groups -OCH3 is 1. The van der Waals surface area contributed by atoms with Gasteiger partial charge in [0.15, 0.2) is 5.60 Å². The van der Waals surface area contributed by atoms with Gasteiger partial charge < -0.3 is 25.2 Å². The SMILES string of the molecule is COc1ccc([Si](C)(C)[C@H]2[C@H](CCn3cc(CCO)nn3)O[C@@]3(C(=O)N(c4ccccc4)c4ccc(NC(=O)[C@H]5CCCN5)cc43)[C@@H]2C)cc1. The highest BCUT2D eigenvalue weighted by atomic mass is 28.3. The van der Waals surface area contributed by atoms with E-state index >= 15 is 4.79 Å². The fraction of sp³-hybridized carbons (Fsp3) is 0.421. The topological polar surface area (TPSA) is 131 Å². The van der Waals surface area contributed by atoms with Crippen molar-refractivity contribution >= 4 is 42.1 Å². The van der Waals surface area contributed by atoms with E-state index in [2.05, 4.69) is 53.1 Å². The van der Waals surface area contributed by atoms with Crippen molar-refractivity contribution in [3.8, 4) is 5.75 Å². The Bertz CT molecular complexity index is 1840. The number of benzene rings is 3. The van der Waals surface area contributed by atoms with E-state index in [1.807, 2.05) is 66.9 Å². The lowest BCUT2D eigenvalue weighted by atomic mass is 9.82.